The van der Waals surface area contributed by atoms with Crippen LogP contribution in [0.15, 0.2) is 36.7 Å². The number of rotatable bonds is 7. The standard InChI is InChI=1S/C16H21N5O3/c1-2-12(10-22)19-15(23)7-11-3-5-13(6-4-11)20-16(24)21-14-8-17-18-9-14/h3-6,8-9,12,22H,2,7,10H2,1H3,(H,17,18)(H,19,23)(H2,20,21,24)/t12-/m1/s1. The first-order valence-electron chi connectivity index (χ1n) is 7.66. The number of benzene rings is 1. The van der Waals surface area contributed by atoms with Gasteiger partial charge in [0.05, 0.1) is 31.0 Å². The number of aliphatic hydroxyl groups is 1. The molecule has 1 aromatic carbocycles. The van der Waals surface area contributed by atoms with Crippen molar-refractivity contribution in [1.82, 2.24) is 15.5 Å². The molecule has 1 heterocycles. The molecule has 0 aliphatic rings. The Labute approximate surface area is 139 Å². The predicted octanol–water partition coefficient (Wildman–Crippen LogP) is 1.48. The van der Waals surface area contributed by atoms with Gasteiger partial charge in [0.15, 0.2) is 0 Å². The molecule has 0 saturated carbocycles. The fraction of sp³-hybridized carbons (Fsp3) is 0.312. The van der Waals surface area contributed by atoms with Crippen LogP contribution in [0.3, 0.4) is 0 Å². The Morgan fingerprint density at radius 1 is 1.21 bits per heavy atom. The van der Waals surface area contributed by atoms with Crippen LogP contribution in [-0.4, -0.2) is 39.9 Å². The number of carbonyl (C=O) groups is 2. The van der Waals surface area contributed by atoms with E-state index < -0.39 is 0 Å². The molecule has 2 rings (SSSR count). The maximum atomic E-state index is 11.9. The first-order valence-corrected chi connectivity index (χ1v) is 7.66. The van der Waals surface area contributed by atoms with Crippen molar-refractivity contribution in [3.63, 3.8) is 0 Å². The van der Waals surface area contributed by atoms with Crippen molar-refractivity contribution in [3.05, 3.63) is 42.2 Å². The molecule has 3 amide bonds. The molecule has 1 aromatic heterocycles. The molecule has 5 N–H and O–H groups in total. The Morgan fingerprint density at radius 3 is 2.50 bits per heavy atom. The molecule has 0 spiro atoms. The van der Waals surface area contributed by atoms with E-state index in [9.17, 15) is 9.59 Å². The van der Waals surface area contributed by atoms with Crippen molar-refractivity contribution in [3.8, 4) is 0 Å². The summed E-state index contributed by atoms with van der Waals surface area (Å²) < 4.78 is 0. The van der Waals surface area contributed by atoms with E-state index in [2.05, 4.69) is 26.1 Å². The van der Waals surface area contributed by atoms with Crippen LogP contribution >= 0.6 is 0 Å². The fourth-order valence-corrected chi connectivity index (χ4v) is 2.06. The molecular formula is C16H21N5O3. The lowest BCUT2D eigenvalue weighted by molar-refractivity contribution is -0.121. The molecule has 0 bridgehead atoms. The van der Waals surface area contributed by atoms with Crippen LogP contribution in [0, 0.1) is 0 Å². The van der Waals surface area contributed by atoms with Gasteiger partial charge in [0.1, 0.15) is 0 Å². The number of nitrogens with one attached hydrogen (secondary N) is 4. The maximum Gasteiger partial charge on any atom is 0.323 e. The van der Waals surface area contributed by atoms with Gasteiger partial charge in [-0.25, -0.2) is 4.79 Å². The molecule has 2 aromatic rings. The fourth-order valence-electron chi connectivity index (χ4n) is 2.06. The van der Waals surface area contributed by atoms with Crippen LogP contribution in [-0.2, 0) is 11.2 Å². The molecule has 24 heavy (non-hydrogen) atoms. The third kappa shape index (κ3) is 5.40. The molecule has 128 valence electrons. The lowest BCUT2D eigenvalue weighted by Crippen LogP contribution is -2.37. The third-order valence-corrected chi connectivity index (χ3v) is 3.41. The number of nitrogens with zero attached hydrogens (tertiary/aromatic N) is 1. The van der Waals surface area contributed by atoms with Crippen molar-refractivity contribution in [2.75, 3.05) is 17.2 Å². The minimum Gasteiger partial charge on any atom is -0.394 e. The second kappa shape index (κ2) is 8.68. The van der Waals surface area contributed by atoms with Crippen molar-refractivity contribution >= 4 is 23.3 Å². The Bertz CT molecular complexity index is 651. The molecule has 8 heteroatoms. The first kappa shape index (κ1) is 17.5. The number of aromatic amines is 1. The van der Waals surface area contributed by atoms with Crippen molar-refractivity contribution < 1.29 is 14.7 Å². The van der Waals surface area contributed by atoms with E-state index in [0.717, 1.165) is 5.56 Å². The highest BCUT2D eigenvalue weighted by atomic mass is 16.3. The normalized spacial score (nSPS) is 11.6. The van der Waals surface area contributed by atoms with Gasteiger partial charge in [-0.2, -0.15) is 5.10 Å². The Balaban J connectivity index is 1.84. The number of H-pyrrole nitrogens is 1. The van der Waals surface area contributed by atoms with E-state index >= 15 is 0 Å². The SMILES string of the molecule is CC[C@H](CO)NC(=O)Cc1ccc(NC(=O)Nc2cn[nH]c2)cc1. The Kier molecular flexibility index (Phi) is 6.32. The second-order valence-corrected chi connectivity index (χ2v) is 5.30. The lowest BCUT2D eigenvalue weighted by Gasteiger charge is -2.14. The van der Waals surface area contributed by atoms with Gasteiger partial charge in [-0.15, -0.1) is 0 Å². The molecule has 8 nitrogen and oxygen atoms in total. The number of urea groups is 1. The zero-order valence-corrected chi connectivity index (χ0v) is 13.4. The Hall–Kier alpha value is -2.87. The highest BCUT2D eigenvalue weighted by Crippen LogP contribution is 2.11. The van der Waals surface area contributed by atoms with Crippen LogP contribution < -0.4 is 16.0 Å². The summed E-state index contributed by atoms with van der Waals surface area (Å²) in [6.45, 7) is 1.83. The van der Waals surface area contributed by atoms with Gasteiger partial charge in [0.2, 0.25) is 5.91 Å². The second-order valence-electron chi connectivity index (χ2n) is 5.30. The number of aliphatic hydroxyl groups excluding tert-OH is 1. The van der Waals surface area contributed by atoms with Crippen LogP contribution in [0.5, 0.6) is 0 Å². The van der Waals surface area contributed by atoms with Gasteiger partial charge in [-0.3, -0.25) is 9.89 Å². The number of carbonyl (C=O) groups excluding carboxylic acids is 2. The molecule has 1 atom stereocenters. The summed E-state index contributed by atoms with van der Waals surface area (Å²) in [5.41, 5.74) is 2.00. The molecule has 0 unspecified atom stereocenters. The topological polar surface area (TPSA) is 119 Å². The van der Waals surface area contributed by atoms with Gasteiger partial charge in [-0.1, -0.05) is 19.1 Å². The smallest absolute Gasteiger partial charge is 0.323 e. The summed E-state index contributed by atoms with van der Waals surface area (Å²) in [7, 11) is 0. The quantitative estimate of drug-likeness (QED) is 0.528. The monoisotopic (exact) mass is 331 g/mol. The summed E-state index contributed by atoms with van der Waals surface area (Å²) in [5, 5.41) is 23.5. The largest absolute Gasteiger partial charge is 0.394 e. The van der Waals surface area contributed by atoms with E-state index in [-0.39, 0.29) is 31.0 Å². The van der Waals surface area contributed by atoms with E-state index in [0.29, 0.717) is 17.8 Å². The van der Waals surface area contributed by atoms with Crippen molar-refractivity contribution in [1.29, 1.82) is 0 Å². The number of amides is 3. The van der Waals surface area contributed by atoms with Crippen LogP contribution in [0.4, 0.5) is 16.2 Å². The zero-order valence-electron chi connectivity index (χ0n) is 13.4. The molecule has 0 fully saturated rings. The lowest BCUT2D eigenvalue weighted by atomic mass is 10.1. The van der Waals surface area contributed by atoms with Crippen LogP contribution in [0.25, 0.3) is 0 Å². The maximum absolute atomic E-state index is 11.9. The minimum absolute atomic E-state index is 0.0725. The average Bonchev–Trinajstić information content (AvgIpc) is 3.07. The van der Waals surface area contributed by atoms with Gasteiger partial charge in [0.25, 0.3) is 0 Å². The molecule has 0 aliphatic carbocycles. The molecule has 0 aliphatic heterocycles. The van der Waals surface area contributed by atoms with E-state index in [1.807, 2.05) is 6.92 Å². The number of hydrogen-bond acceptors (Lipinski definition) is 4. The molecular weight excluding hydrogens is 310 g/mol. The third-order valence-electron chi connectivity index (χ3n) is 3.41. The van der Waals surface area contributed by atoms with Gasteiger partial charge in [-0.05, 0) is 24.1 Å². The van der Waals surface area contributed by atoms with Crippen LogP contribution in [0.2, 0.25) is 0 Å². The number of hydrogen-bond donors (Lipinski definition) is 5. The summed E-state index contributed by atoms with van der Waals surface area (Å²) in [6, 6.07) is 6.39. The summed E-state index contributed by atoms with van der Waals surface area (Å²) in [5.74, 6) is -0.144. The summed E-state index contributed by atoms with van der Waals surface area (Å²) in [6.07, 6.45) is 3.96. The Morgan fingerprint density at radius 2 is 1.92 bits per heavy atom. The summed E-state index contributed by atoms with van der Waals surface area (Å²) >= 11 is 0. The minimum atomic E-state index is -0.379. The first-order chi connectivity index (χ1) is 11.6. The predicted molar refractivity (Wildman–Crippen MR) is 90.7 cm³/mol. The molecule has 0 radical (unpaired) electrons. The van der Waals surface area contributed by atoms with E-state index in [1.165, 1.54) is 6.20 Å². The number of anilines is 2. The van der Waals surface area contributed by atoms with E-state index in [1.54, 1.807) is 30.5 Å². The zero-order chi connectivity index (χ0) is 17.4. The van der Waals surface area contributed by atoms with Gasteiger partial charge >= 0.3 is 6.03 Å². The average molecular weight is 331 g/mol. The van der Waals surface area contributed by atoms with E-state index in [4.69, 9.17) is 5.11 Å². The van der Waals surface area contributed by atoms with Gasteiger partial charge < -0.3 is 21.1 Å². The highest BCUT2D eigenvalue weighted by molar-refractivity contribution is 5.99. The number of aromatic nitrogens is 2. The van der Waals surface area contributed by atoms with Crippen molar-refractivity contribution in [2.24, 2.45) is 0 Å². The highest BCUT2D eigenvalue weighted by Gasteiger charge is 2.10. The van der Waals surface area contributed by atoms with Gasteiger partial charge in [0, 0.05) is 11.9 Å². The van der Waals surface area contributed by atoms with Crippen molar-refractivity contribution in [2.45, 2.75) is 25.8 Å². The molecule has 0 saturated heterocycles. The summed E-state index contributed by atoms with van der Waals surface area (Å²) in [4.78, 5) is 23.6. The van der Waals surface area contributed by atoms with Crippen LogP contribution in [0.1, 0.15) is 18.9 Å².